The van der Waals surface area contributed by atoms with E-state index in [1.165, 1.54) is 19.8 Å². The number of rotatable bonds is 6. The molecule has 30 heavy (non-hydrogen) atoms. The number of benzene rings is 2. The molecule has 0 saturated heterocycles. The fraction of sp³-hybridized carbons (Fsp3) is 0.375. The van der Waals surface area contributed by atoms with Crippen molar-refractivity contribution in [2.75, 3.05) is 14.2 Å². The number of nitrogens with one attached hydrogen (secondary N) is 1. The monoisotopic (exact) mass is 414 g/mol. The summed E-state index contributed by atoms with van der Waals surface area (Å²) in [6, 6.07) is 14.0. The van der Waals surface area contributed by atoms with Gasteiger partial charge < -0.3 is 20.1 Å². The van der Waals surface area contributed by atoms with Crippen LogP contribution in [0, 0.1) is 12.3 Å². The lowest BCUT2D eigenvalue weighted by atomic mass is 9.99. The Morgan fingerprint density at radius 3 is 2.23 bits per heavy atom. The molecule has 2 N–H and O–H groups in total. The molecule has 0 fully saturated rings. The highest BCUT2D eigenvalue weighted by atomic mass is 16.6. The third-order valence-corrected chi connectivity index (χ3v) is 4.27. The van der Waals surface area contributed by atoms with Crippen molar-refractivity contribution in [1.82, 2.24) is 0 Å². The maximum Gasteiger partial charge on any atom is 0.292 e. The standard InChI is InChI=1S/C11H15NO2.C11H15N.C2H4O2/c1-8-5-4-6-10(11(8)7-13)9(2)12-14-3;1-8(2)10-5-4-6-11(7-10)9(3)12;1-4-2-3/h4-6,13H,7H2,1-3H3;4-8,12H,1-3H3;2H,1H3/b12-9-;;. The first kappa shape index (κ1) is 27.0. The summed E-state index contributed by atoms with van der Waals surface area (Å²) in [5.74, 6) is 0.546. The highest BCUT2D eigenvalue weighted by Gasteiger charge is 2.07. The van der Waals surface area contributed by atoms with Crippen LogP contribution in [-0.2, 0) is 21.0 Å². The van der Waals surface area contributed by atoms with Gasteiger partial charge in [-0.25, -0.2) is 0 Å². The molecule has 0 bridgehead atoms. The minimum atomic E-state index is 0.0264. The van der Waals surface area contributed by atoms with E-state index in [4.69, 9.17) is 15.0 Å². The quantitative estimate of drug-likeness (QED) is 0.402. The molecular formula is C24H34N2O4. The van der Waals surface area contributed by atoms with Gasteiger partial charge in [-0.2, -0.15) is 0 Å². The Labute approximate surface area is 180 Å². The van der Waals surface area contributed by atoms with Crippen molar-refractivity contribution in [3.63, 3.8) is 0 Å². The average molecular weight is 415 g/mol. The molecule has 6 heteroatoms. The van der Waals surface area contributed by atoms with Crippen LogP contribution < -0.4 is 0 Å². The number of ether oxygens (including phenoxy) is 1. The summed E-state index contributed by atoms with van der Waals surface area (Å²) in [6.07, 6.45) is 0. The van der Waals surface area contributed by atoms with E-state index in [9.17, 15) is 5.11 Å². The topological polar surface area (TPSA) is 92.0 Å². The predicted octanol–water partition coefficient (Wildman–Crippen LogP) is 4.84. The second-order valence-electron chi connectivity index (χ2n) is 6.86. The average Bonchev–Trinajstić information content (AvgIpc) is 2.74. The van der Waals surface area contributed by atoms with Gasteiger partial charge in [0.15, 0.2) is 0 Å². The Bertz CT molecular complexity index is 830. The zero-order chi connectivity index (χ0) is 23.1. The predicted molar refractivity (Wildman–Crippen MR) is 122 cm³/mol. The van der Waals surface area contributed by atoms with E-state index in [1.54, 1.807) is 0 Å². The normalized spacial score (nSPS) is 10.2. The van der Waals surface area contributed by atoms with E-state index in [-0.39, 0.29) is 6.61 Å². The van der Waals surface area contributed by atoms with Crippen LogP contribution in [0.4, 0.5) is 0 Å². The van der Waals surface area contributed by atoms with Gasteiger partial charge >= 0.3 is 0 Å². The van der Waals surface area contributed by atoms with E-state index in [2.05, 4.69) is 35.9 Å². The molecule has 2 aromatic carbocycles. The molecule has 6 nitrogen and oxygen atoms in total. The van der Waals surface area contributed by atoms with E-state index < -0.39 is 0 Å². The number of carbonyl (C=O) groups excluding carboxylic acids is 1. The number of aliphatic hydroxyl groups excluding tert-OH is 1. The van der Waals surface area contributed by atoms with Gasteiger partial charge in [0.25, 0.3) is 6.47 Å². The van der Waals surface area contributed by atoms with Gasteiger partial charge in [0.1, 0.15) is 7.11 Å². The van der Waals surface area contributed by atoms with Crippen molar-refractivity contribution in [2.45, 2.75) is 47.1 Å². The summed E-state index contributed by atoms with van der Waals surface area (Å²) in [5.41, 5.74) is 6.66. The summed E-state index contributed by atoms with van der Waals surface area (Å²) in [5, 5.41) is 20.5. The van der Waals surface area contributed by atoms with Crippen LogP contribution in [-0.4, -0.2) is 37.2 Å². The van der Waals surface area contributed by atoms with E-state index in [0.29, 0.717) is 18.1 Å². The van der Waals surface area contributed by atoms with Gasteiger partial charge in [0, 0.05) is 11.3 Å². The first-order chi connectivity index (χ1) is 14.2. The Kier molecular flexibility index (Phi) is 13.4. The van der Waals surface area contributed by atoms with Crippen molar-refractivity contribution < 1.29 is 19.5 Å². The van der Waals surface area contributed by atoms with Gasteiger partial charge in [0.2, 0.25) is 0 Å². The largest absolute Gasteiger partial charge is 0.471 e. The summed E-state index contributed by atoms with van der Waals surface area (Å²) >= 11 is 0. The number of aryl methyl sites for hydroxylation is 1. The molecule has 0 aliphatic rings. The van der Waals surface area contributed by atoms with Crippen molar-refractivity contribution in [3.8, 4) is 0 Å². The third kappa shape index (κ3) is 9.47. The Balaban J connectivity index is 0.000000481. The number of hydrogen-bond donors (Lipinski definition) is 2. The number of oxime groups is 1. The molecule has 0 heterocycles. The lowest BCUT2D eigenvalue weighted by Gasteiger charge is -2.09. The molecule has 2 aromatic rings. The molecule has 0 aliphatic heterocycles. The lowest BCUT2D eigenvalue weighted by Crippen LogP contribution is -2.03. The number of hydrogen-bond acceptors (Lipinski definition) is 6. The van der Waals surface area contributed by atoms with Gasteiger partial charge in [0.05, 0.1) is 19.4 Å². The van der Waals surface area contributed by atoms with Crippen LogP contribution in [0.1, 0.15) is 61.4 Å². The maximum absolute atomic E-state index is 9.22. The van der Waals surface area contributed by atoms with Crippen molar-refractivity contribution >= 4 is 17.9 Å². The molecule has 0 atom stereocenters. The fourth-order valence-electron chi connectivity index (χ4n) is 2.57. The highest BCUT2D eigenvalue weighted by molar-refractivity contribution is 5.99. The van der Waals surface area contributed by atoms with Crippen LogP contribution in [0.2, 0.25) is 0 Å². The number of nitrogens with zero attached hydrogens (tertiary/aromatic N) is 1. The molecule has 0 spiro atoms. The Morgan fingerprint density at radius 2 is 1.77 bits per heavy atom. The fourth-order valence-corrected chi connectivity index (χ4v) is 2.57. The van der Waals surface area contributed by atoms with Crippen LogP contribution >= 0.6 is 0 Å². The van der Waals surface area contributed by atoms with E-state index in [0.717, 1.165) is 28.0 Å². The smallest absolute Gasteiger partial charge is 0.292 e. The molecule has 0 aromatic heterocycles. The SMILES string of the molecule is CC(=N)c1cccc(C(C)C)c1.CO/N=C(/C)c1cccc(C)c1CO.COC=O. The highest BCUT2D eigenvalue weighted by Crippen LogP contribution is 2.16. The number of carbonyl (C=O) groups is 1. The molecule has 0 aliphatic carbocycles. The third-order valence-electron chi connectivity index (χ3n) is 4.27. The van der Waals surface area contributed by atoms with Crippen molar-refractivity contribution in [3.05, 3.63) is 70.3 Å². The summed E-state index contributed by atoms with van der Waals surface area (Å²) in [4.78, 5) is 13.7. The summed E-state index contributed by atoms with van der Waals surface area (Å²) in [6.45, 7) is 10.4. The zero-order valence-electron chi connectivity index (χ0n) is 19.0. The van der Waals surface area contributed by atoms with Gasteiger partial charge in [-0.3, -0.25) is 4.79 Å². The maximum atomic E-state index is 9.22. The lowest BCUT2D eigenvalue weighted by molar-refractivity contribution is -0.126. The number of aliphatic hydroxyl groups is 1. The first-order valence-electron chi connectivity index (χ1n) is 9.62. The molecule has 164 valence electrons. The van der Waals surface area contributed by atoms with E-state index >= 15 is 0 Å². The summed E-state index contributed by atoms with van der Waals surface area (Å²) < 4.78 is 3.86. The van der Waals surface area contributed by atoms with Gasteiger partial charge in [-0.1, -0.05) is 55.4 Å². The Hall–Kier alpha value is -2.99. The van der Waals surface area contributed by atoms with Crippen LogP contribution in [0.15, 0.2) is 47.6 Å². The Morgan fingerprint density at radius 1 is 1.17 bits per heavy atom. The molecular weight excluding hydrogens is 380 g/mol. The molecule has 0 radical (unpaired) electrons. The zero-order valence-corrected chi connectivity index (χ0v) is 19.0. The molecule has 0 amide bonds. The molecule has 2 rings (SSSR count). The minimum Gasteiger partial charge on any atom is -0.471 e. The molecule has 0 saturated carbocycles. The van der Waals surface area contributed by atoms with Gasteiger partial charge in [-0.05, 0) is 55.0 Å². The second-order valence-corrected chi connectivity index (χ2v) is 6.86. The number of methoxy groups -OCH3 is 1. The minimum absolute atomic E-state index is 0.0264. The molecule has 0 unspecified atom stereocenters. The second kappa shape index (κ2) is 14.9. The van der Waals surface area contributed by atoms with Gasteiger partial charge in [-0.15, -0.1) is 0 Å². The van der Waals surface area contributed by atoms with Crippen LogP contribution in [0.25, 0.3) is 0 Å². The van der Waals surface area contributed by atoms with Crippen molar-refractivity contribution in [1.29, 1.82) is 5.41 Å². The van der Waals surface area contributed by atoms with Crippen molar-refractivity contribution in [2.24, 2.45) is 5.16 Å². The first-order valence-corrected chi connectivity index (χ1v) is 9.62. The van der Waals surface area contributed by atoms with Crippen LogP contribution in [0.5, 0.6) is 0 Å². The summed E-state index contributed by atoms with van der Waals surface area (Å²) in [7, 11) is 2.82. The van der Waals surface area contributed by atoms with E-state index in [1.807, 2.05) is 51.1 Å². The van der Waals surface area contributed by atoms with Crippen LogP contribution in [0.3, 0.4) is 0 Å².